The smallest absolute Gasteiger partial charge is 0.391 e. The van der Waals surface area contributed by atoms with E-state index in [1.807, 2.05) is 12.1 Å². The monoisotopic (exact) mass is 618 g/mol. The lowest BCUT2D eigenvalue weighted by Gasteiger charge is -2.20. The molecule has 0 atom stereocenters. The van der Waals surface area contributed by atoms with Crippen molar-refractivity contribution >= 4 is 61.4 Å². The average molecular weight is 619 g/mol. The van der Waals surface area contributed by atoms with Gasteiger partial charge in [-0.2, -0.15) is 0 Å². The molecule has 5 nitrogen and oxygen atoms in total. The number of hydrogen-bond donors (Lipinski definition) is 4. The van der Waals surface area contributed by atoms with Gasteiger partial charge in [0.05, 0.1) is 14.8 Å². The SMILES string of the molecule is CC(C)(C)c1ccc(O)c(SSSSc2cc(C(C)(C)C)ccc2O)c1.OP(O)Oc1ccccc1Cl. The third-order valence-electron chi connectivity index (χ3n) is 4.94. The number of halogens is 1. The molecule has 37 heavy (non-hydrogen) atoms. The predicted molar refractivity (Wildman–Crippen MR) is 164 cm³/mol. The summed E-state index contributed by atoms with van der Waals surface area (Å²) in [6.45, 7) is 13.0. The van der Waals surface area contributed by atoms with Gasteiger partial charge in [-0.05, 0) is 99.6 Å². The van der Waals surface area contributed by atoms with E-state index in [9.17, 15) is 10.2 Å². The minimum Gasteiger partial charge on any atom is -0.507 e. The van der Waals surface area contributed by atoms with Crippen molar-refractivity contribution in [2.45, 2.75) is 62.2 Å². The number of aromatic hydroxyl groups is 2. The molecule has 0 heterocycles. The van der Waals surface area contributed by atoms with Crippen LogP contribution in [0.4, 0.5) is 0 Å². The molecule has 4 N–H and O–H groups in total. The first-order valence-electron chi connectivity index (χ1n) is 11.1. The molecule has 0 spiro atoms. The molecule has 3 aromatic carbocycles. The summed E-state index contributed by atoms with van der Waals surface area (Å²) < 4.78 is 4.59. The van der Waals surface area contributed by atoms with E-state index in [0.717, 1.165) is 9.79 Å². The Morgan fingerprint density at radius 2 is 1.14 bits per heavy atom. The van der Waals surface area contributed by atoms with E-state index in [2.05, 4.69) is 58.2 Å². The summed E-state index contributed by atoms with van der Waals surface area (Å²) in [6.07, 6.45) is 0. The minimum atomic E-state index is -2.38. The Hall–Kier alpha value is -0.900. The fraction of sp³-hybridized carbons (Fsp3) is 0.308. The molecule has 0 fully saturated rings. The molecule has 0 saturated carbocycles. The lowest BCUT2D eigenvalue weighted by atomic mass is 9.87. The summed E-state index contributed by atoms with van der Waals surface area (Å²) in [5, 5.41) is 20.6. The largest absolute Gasteiger partial charge is 0.507 e. The molecule has 0 bridgehead atoms. The molecule has 0 aliphatic rings. The van der Waals surface area contributed by atoms with Crippen LogP contribution >= 0.6 is 61.4 Å². The van der Waals surface area contributed by atoms with Gasteiger partial charge in [-0.15, -0.1) is 0 Å². The van der Waals surface area contributed by atoms with Crippen molar-refractivity contribution in [3.8, 4) is 17.2 Å². The van der Waals surface area contributed by atoms with Crippen LogP contribution in [0.15, 0.2) is 70.5 Å². The van der Waals surface area contributed by atoms with Gasteiger partial charge >= 0.3 is 8.60 Å². The third-order valence-corrected chi connectivity index (χ3v) is 11.7. The fourth-order valence-electron chi connectivity index (χ4n) is 2.80. The maximum atomic E-state index is 10.1. The van der Waals surface area contributed by atoms with Crippen LogP contribution in [0, 0.1) is 0 Å². The van der Waals surface area contributed by atoms with E-state index in [0.29, 0.717) is 16.5 Å². The zero-order valence-corrected chi connectivity index (χ0v) is 26.3. The fourth-order valence-corrected chi connectivity index (χ4v) is 8.95. The van der Waals surface area contributed by atoms with E-state index in [1.165, 1.54) is 32.7 Å². The van der Waals surface area contributed by atoms with E-state index in [-0.39, 0.29) is 16.6 Å². The molecule has 3 rings (SSSR count). The molecule has 0 radical (unpaired) electrons. The number of hydrogen-bond acceptors (Lipinski definition) is 9. The lowest BCUT2D eigenvalue weighted by Crippen LogP contribution is -2.10. The number of rotatable bonds is 7. The summed E-state index contributed by atoms with van der Waals surface area (Å²) in [4.78, 5) is 18.7. The standard InChI is InChI=1S/C20H26O2S4.C6H6ClO3P/c1-19(2,3)13-7-9-15(21)17(11-13)23-25-26-24-18-12-14(20(4,5)6)8-10-16(18)22;7-5-3-1-2-4-6(5)10-11(8)9/h7-12,21-22H,1-6H3;1-4,8-9H. The van der Waals surface area contributed by atoms with E-state index < -0.39 is 8.60 Å². The maximum absolute atomic E-state index is 10.1. The molecule has 3 aromatic rings. The summed E-state index contributed by atoms with van der Waals surface area (Å²) in [5.41, 5.74) is 2.50. The van der Waals surface area contributed by atoms with Gasteiger partial charge in [0.25, 0.3) is 0 Å². The normalized spacial score (nSPS) is 11.7. The number of phenols is 2. The van der Waals surface area contributed by atoms with Crippen molar-refractivity contribution < 1.29 is 24.5 Å². The Morgan fingerprint density at radius 3 is 1.51 bits per heavy atom. The Bertz CT molecular complexity index is 1100. The van der Waals surface area contributed by atoms with Crippen LogP contribution in [0.3, 0.4) is 0 Å². The summed E-state index contributed by atoms with van der Waals surface area (Å²) in [5.74, 6) is 0.891. The van der Waals surface area contributed by atoms with Crippen molar-refractivity contribution in [1.29, 1.82) is 0 Å². The highest BCUT2D eigenvalue weighted by Crippen LogP contribution is 2.53. The van der Waals surface area contributed by atoms with Gasteiger partial charge < -0.3 is 24.5 Å². The molecule has 0 aromatic heterocycles. The molecule has 0 aliphatic carbocycles. The number of para-hydroxylation sites is 1. The van der Waals surface area contributed by atoms with Crippen molar-refractivity contribution in [2.24, 2.45) is 0 Å². The van der Waals surface area contributed by atoms with Gasteiger partial charge in [0.1, 0.15) is 17.2 Å². The Balaban J connectivity index is 0.000000364. The zero-order chi connectivity index (χ0) is 27.8. The maximum Gasteiger partial charge on any atom is 0.391 e. The molecule has 0 aliphatic heterocycles. The van der Waals surface area contributed by atoms with Crippen molar-refractivity contribution in [2.75, 3.05) is 0 Å². The summed E-state index contributed by atoms with van der Waals surface area (Å²) in [6, 6.07) is 18.2. The predicted octanol–water partition coefficient (Wildman–Crippen LogP) is 9.72. The first-order chi connectivity index (χ1) is 17.2. The van der Waals surface area contributed by atoms with Gasteiger partial charge in [0.15, 0.2) is 0 Å². The number of benzene rings is 3. The Kier molecular flexibility index (Phi) is 12.6. The second kappa shape index (κ2) is 14.5. The molecule has 202 valence electrons. The van der Waals surface area contributed by atoms with Crippen LogP contribution in [-0.4, -0.2) is 20.0 Å². The van der Waals surface area contributed by atoms with Crippen molar-refractivity contribution in [3.63, 3.8) is 0 Å². The van der Waals surface area contributed by atoms with Crippen LogP contribution in [0.1, 0.15) is 52.7 Å². The Morgan fingerprint density at radius 1 is 0.703 bits per heavy atom. The first-order valence-corrected chi connectivity index (χ1v) is 17.5. The van der Waals surface area contributed by atoms with Crippen LogP contribution in [0.5, 0.6) is 17.2 Å². The van der Waals surface area contributed by atoms with Crippen LogP contribution in [-0.2, 0) is 10.8 Å². The van der Waals surface area contributed by atoms with Gasteiger partial charge in [-0.1, -0.05) is 77.4 Å². The van der Waals surface area contributed by atoms with Crippen molar-refractivity contribution in [1.82, 2.24) is 0 Å². The molecule has 0 saturated heterocycles. The van der Waals surface area contributed by atoms with Gasteiger partial charge in [0, 0.05) is 0 Å². The van der Waals surface area contributed by atoms with Crippen LogP contribution in [0.2, 0.25) is 5.02 Å². The van der Waals surface area contributed by atoms with E-state index in [4.69, 9.17) is 21.4 Å². The van der Waals surface area contributed by atoms with Crippen molar-refractivity contribution in [3.05, 3.63) is 76.8 Å². The third kappa shape index (κ3) is 11.0. The summed E-state index contributed by atoms with van der Waals surface area (Å²) >= 11 is 5.63. The van der Waals surface area contributed by atoms with Crippen LogP contribution in [0.25, 0.3) is 0 Å². The van der Waals surface area contributed by atoms with E-state index in [1.54, 1.807) is 56.1 Å². The number of phenolic OH excluding ortho intramolecular Hbond substituents is 2. The molecule has 11 heteroatoms. The topological polar surface area (TPSA) is 90.2 Å². The highest BCUT2D eigenvalue weighted by Gasteiger charge is 2.17. The van der Waals surface area contributed by atoms with Crippen LogP contribution < -0.4 is 4.52 Å². The Labute approximate surface area is 241 Å². The highest BCUT2D eigenvalue weighted by molar-refractivity contribution is 9.26. The molecular formula is C26H32ClO5PS4. The highest BCUT2D eigenvalue weighted by atomic mass is 35.5. The average Bonchev–Trinajstić information content (AvgIpc) is 2.79. The quantitative estimate of drug-likeness (QED) is 0.117. The van der Waals surface area contributed by atoms with Gasteiger partial charge in [0.2, 0.25) is 0 Å². The first kappa shape index (κ1) is 32.3. The molecular weight excluding hydrogens is 587 g/mol. The lowest BCUT2D eigenvalue weighted by molar-refractivity contribution is 0.375. The summed E-state index contributed by atoms with van der Waals surface area (Å²) in [7, 11) is 3.87. The zero-order valence-electron chi connectivity index (χ0n) is 21.4. The molecule has 0 amide bonds. The van der Waals surface area contributed by atoms with Gasteiger partial charge in [-0.3, -0.25) is 0 Å². The molecule has 0 unspecified atom stereocenters. The second-order valence-electron chi connectivity index (χ2n) is 9.94. The minimum absolute atomic E-state index is 0.0504. The van der Waals surface area contributed by atoms with Gasteiger partial charge in [-0.25, -0.2) is 0 Å². The second-order valence-corrected chi connectivity index (χ2v) is 16.8. The van der Waals surface area contributed by atoms with E-state index >= 15 is 0 Å².